The Morgan fingerprint density at radius 1 is 1.86 bits per heavy atom. The molecule has 0 spiro atoms. The molecule has 0 amide bonds. The monoisotopic (exact) mass is 115 g/mol. The van der Waals surface area contributed by atoms with Gasteiger partial charge in [-0.2, -0.15) is 0 Å². The quantitative estimate of drug-likeness (QED) is 0.378. The molecule has 0 aliphatic carbocycles. The Bertz CT molecular complexity index is 116. The molecule has 0 fully saturated rings. The lowest BCUT2D eigenvalue weighted by Gasteiger charge is -1.80. The van der Waals surface area contributed by atoms with Crippen molar-refractivity contribution in [1.82, 2.24) is 0 Å². The molecule has 1 rings (SSSR count). The van der Waals surface area contributed by atoms with E-state index in [1.165, 1.54) is 0 Å². The minimum absolute atomic E-state index is 0.755. The average Bonchev–Trinajstić information content (AvgIpc) is 2.14. The second kappa shape index (κ2) is 2.02. The first kappa shape index (κ1) is 4.71. The zero-order valence-corrected chi connectivity index (χ0v) is 4.48. The fourth-order valence-corrected chi connectivity index (χ4v) is 1.04. The van der Waals surface area contributed by atoms with Gasteiger partial charge in [0.05, 0.1) is 5.71 Å². The Hall–Kier alpha value is -0.440. The van der Waals surface area contributed by atoms with Crippen LogP contribution in [0.3, 0.4) is 0 Å². The van der Waals surface area contributed by atoms with Gasteiger partial charge in [0.2, 0.25) is 0 Å². The Morgan fingerprint density at radius 2 is 2.71 bits per heavy atom. The van der Waals surface area contributed by atoms with Crippen LogP contribution in [0.4, 0.5) is 0 Å². The van der Waals surface area contributed by atoms with Crippen molar-refractivity contribution in [2.45, 2.75) is 0 Å². The number of allylic oxidation sites excluding steroid dienone is 1. The molecule has 0 atom stereocenters. The minimum Gasteiger partial charge on any atom is -0.411 e. The summed E-state index contributed by atoms with van der Waals surface area (Å²) >= 11 is 1.64. The maximum absolute atomic E-state index is 8.09. The zero-order valence-electron chi connectivity index (χ0n) is 3.66. The minimum atomic E-state index is 0.755. The molecule has 38 valence electrons. The third-order valence-corrected chi connectivity index (χ3v) is 1.51. The van der Waals surface area contributed by atoms with E-state index in [1.54, 1.807) is 17.8 Å². The van der Waals surface area contributed by atoms with Crippen molar-refractivity contribution in [3.05, 3.63) is 11.5 Å². The van der Waals surface area contributed by atoms with Crippen LogP contribution in [0.1, 0.15) is 0 Å². The summed E-state index contributed by atoms with van der Waals surface area (Å²) in [7, 11) is 0. The highest BCUT2D eigenvalue weighted by Gasteiger charge is 1.98. The highest BCUT2D eigenvalue weighted by atomic mass is 32.2. The van der Waals surface area contributed by atoms with E-state index < -0.39 is 0 Å². The van der Waals surface area contributed by atoms with E-state index in [1.807, 2.05) is 5.41 Å². The Morgan fingerprint density at radius 3 is 3.00 bits per heavy atom. The van der Waals surface area contributed by atoms with E-state index in [9.17, 15) is 0 Å². The van der Waals surface area contributed by atoms with Gasteiger partial charge >= 0.3 is 0 Å². The summed E-state index contributed by atoms with van der Waals surface area (Å²) in [6, 6.07) is 0. The molecule has 0 aromatic heterocycles. The number of oxime groups is 1. The van der Waals surface area contributed by atoms with Gasteiger partial charge in [-0.15, -0.1) is 11.8 Å². The Labute approximate surface area is 45.9 Å². The third-order valence-electron chi connectivity index (χ3n) is 0.716. The van der Waals surface area contributed by atoms with Gasteiger partial charge in [0.15, 0.2) is 0 Å². The molecule has 0 radical (unpaired) electrons. The molecule has 0 aromatic carbocycles. The first-order valence-corrected chi connectivity index (χ1v) is 2.97. The summed E-state index contributed by atoms with van der Waals surface area (Å²) in [6.07, 6.45) is 1.80. The lowest BCUT2D eigenvalue weighted by atomic mass is 10.4. The lowest BCUT2D eigenvalue weighted by molar-refractivity contribution is 0.319. The van der Waals surface area contributed by atoms with Gasteiger partial charge in [0.25, 0.3) is 0 Å². The smallest absolute Gasteiger partial charge is 0.0903 e. The van der Waals surface area contributed by atoms with Crippen LogP contribution in [0.25, 0.3) is 0 Å². The maximum atomic E-state index is 8.09. The van der Waals surface area contributed by atoms with Crippen LogP contribution in [-0.2, 0) is 0 Å². The Kier molecular flexibility index (Phi) is 1.36. The first-order chi connectivity index (χ1) is 3.43. The van der Waals surface area contributed by atoms with Gasteiger partial charge in [0, 0.05) is 5.75 Å². The van der Waals surface area contributed by atoms with Crippen LogP contribution in [0, 0.1) is 0 Å². The van der Waals surface area contributed by atoms with Gasteiger partial charge in [-0.3, -0.25) is 0 Å². The molecule has 2 nitrogen and oxygen atoms in total. The van der Waals surface area contributed by atoms with Gasteiger partial charge in [-0.1, -0.05) is 5.16 Å². The molecule has 0 bridgehead atoms. The van der Waals surface area contributed by atoms with Gasteiger partial charge < -0.3 is 5.21 Å². The molecule has 1 heterocycles. The predicted molar refractivity (Wildman–Crippen MR) is 30.8 cm³/mol. The first-order valence-electron chi connectivity index (χ1n) is 1.92. The van der Waals surface area contributed by atoms with Crippen molar-refractivity contribution in [1.29, 1.82) is 0 Å². The molecule has 0 saturated heterocycles. The molecule has 0 unspecified atom stereocenters. The number of thioether (sulfide) groups is 1. The molecule has 1 N–H and O–H groups in total. The van der Waals surface area contributed by atoms with Crippen LogP contribution in [0.5, 0.6) is 0 Å². The van der Waals surface area contributed by atoms with Crippen LogP contribution in [0.15, 0.2) is 16.6 Å². The normalized spacial score (nSPS) is 24.3. The predicted octanol–water partition coefficient (Wildman–Crippen LogP) is 1.08. The lowest BCUT2D eigenvalue weighted by Crippen LogP contribution is -1.89. The number of hydrogen-bond acceptors (Lipinski definition) is 3. The van der Waals surface area contributed by atoms with Gasteiger partial charge in [0.1, 0.15) is 0 Å². The van der Waals surface area contributed by atoms with Crippen molar-refractivity contribution < 1.29 is 5.21 Å². The van der Waals surface area contributed by atoms with Crippen LogP contribution < -0.4 is 0 Å². The number of nitrogens with zero attached hydrogens (tertiary/aromatic N) is 1. The second-order valence-electron chi connectivity index (χ2n) is 1.21. The molecular weight excluding hydrogens is 110 g/mol. The van der Waals surface area contributed by atoms with E-state index in [0.717, 1.165) is 11.5 Å². The van der Waals surface area contributed by atoms with E-state index in [4.69, 9.17) is 5.21 Å². The van der Waals surface area contributed by atoms with E-state index in [2.05, 4.69) is 5.16 Å². The Balaban J connectivity index is 2.59. The molecule has 1 aliphatic heterocycles. The fraction of sp³-hybridized carbons (Fsp3) is 0.250. The molecule has 0 saturated carbocycles. The second-order valence-corrected chi connectivity index (χ2v) is 2.10. The molecular formula is C4H5NOS. The number of hydrogen-bond donors (Lipinski definition) is 1. The summed E-state index contributed by atoms with van der Waals surface area (Å²) in [5, 5.41) is 13.0. The van der Waals surface area contributed by atoms with Crippen LogP contribution >= 0.6 is 11.8 Å². The largest absolute Gasteiger partial charge is 0.411 e. The zero-order chi connectivity index (χ0) is 5.11. The van der Waals surface area contributed by atoms with Crippen LogP contribution in [0.2, 0.25) is 0 Å². The fourth-order valence-electron chi connectivity index (χ4n) is 0.370. The molecule has 7 heavy (non-hydrogen) atoms. The topological polar surface area (TPSA) is 32.6 Å². The van der Waals surface area contributed by atoms with Crippen molar-refractivity contribution in [3.8, 4) is 0 Å². The SMILES string of the molecule is O/N=C1\C=CSC1. The third kappa shape index (κ3) is 0.962. The number of rotatable bonds is 0. The summed E-state index contributed by atoms with van der Waals surface area (Å²) in [4.78, 5) is 0. The average molecular weight is 115 g/mol. The summed E-state index contributed by atoms with van der Waals surface area (Å²) in [5.74, 6) is 0.816. The molecule has 1 aliphatic rings. The van der Waals surface area contributed by atoms with Crippen molar-refractivity contribution >= 4 is 17.5 Å². The highest BCUT2D eigenvalue weighted by Crippen LogP contribution is 2.10. The van der Waals surface area contributed by atoms with E-state index in [-0.39, 0.29) is 0 Å². The molecule has 0 aromatic rings. The maximum Gasteiger partial charge on any atom is 0.0903 e. The van der Waals surface area contributed by atoms with Crippen molar-refractivity contribution in [2.75, 3.05) is 5.75 Å². The summed E-state index contributed by atoms with van der Waals surface area (Å²) in [5.41, 5.74) is 0.755. The molecule has 3 heteroatoms. The summed E-state index contributed by atoms with van der Waals surface area (Å²) in [6.45, 7) is 0. The van der Waals surface area contributed by atoms with Crippen molar-refractivity contribution in [3.63, 3.8) is 0 Å². The highest BCUT2D eigenvalue weighted by molar-refractivity contribution is 8.03. The van der Waals surface area contributed by atoms with Gasteiger partial charge in [-0.25, -0.2) is 0 Å². The van der Waals surface area contributed by atoms with E-state index >= 15 is 0 Å². The standard InChI is InChI=1S/C4H5NOS/c6-5-4-1-2-7-3-4/h1-2,6H,3H2/b5-4+. The van der Waals surface area contributed by atoms with E-state index in [0.29, 0.717) is 0 Å². The summed E-state index contributed by atoms with van der Waals surface area (Å²) < 4.78 is 0. The van der Waals surface area contributed by atoms with Crippen molar-refractivity contribution in [2.24, 2.45) is 5.16 Å². The van der Waals surface area contributed by atoms with Crippen LogP contribution in [-0.4, -0.2) is 16.7 Å². The van der Waals surface area contributed by atoms with Gasteiger partial charge in [-0.05, 0) is 11.5 Å².